The molecule has 0 fully saturated rings. The number of sulfonamides is 1. The molecule has 114 valence electrons. The average molecular weight is 332 g/mol. The number of aryl methyl sites for hydroxylation is 1. The average Bonchev–Trinajstić information content (AvgIpc) is 2.82. The van der Waals surface area contributed by atoms with Crippen molar-refractivity contribution in [1.29, 1.82) is 0 Å². The molecule has 1 aromatic carbocycles. The first kappa shape index (κ1) is 15.9. The summed E-state index contributed by atoms with van der Waals surface area (Å²) < 4.78 is 39.0. The summed E-state index contributed by atoms with van der Waals surface area (Å²) >= 11 is 5.78. The van der Waals surface area contributed by atoms with Crippen molar-refractivity contribution in [2.45, 2.75) is 24.4 Å². The molecule has 1 N–H and O–H groups in total. The van der Waals surface area contributed by atoms with Crippen LogP contribution in [0.5, 0.6) is 0 Å². The van der Waals surface area contributed by atoms with E-state index in [4.69, 9.17) is 11.6 Å². The van der Waals surface area contributed by atoms with Crippen LogP contribution in [0.4, 0.5) is 4.39 Å². The molecule has 21 heavy (non-hydrogen) atoms. The summed E-state index contributed by atoms with van der Waals surface area (Å²) in [4.78, 5) is 0. The number of halogens is 2. The largest absolute Gasteiger partial charge is 0.281 e. The minimum absolute atomic E-state index is 0.0568. The van der Waals surface area contributed by atoms with Crippen LogP contribution in [0.3, 0.4) is 0 Å². The molecule has 0 aliphatic heterocycles. The van der Waals surface area contributed by atoms with Crippen molar-refractivity contribution in [2.75, 3.05) is 7.05 Å². The van der Waals surface area contributed by atoms with E-state index in [9.17, 15) is 12.8 Å². The fourth-order valence-corrected chi connectivity index (χ4v) is 3.60. The van der Waals surface area contributed by atoms with Crippen LogP contribution in [-0.4, -0.2) is 30.0 Å². The first-order valence-electron chi connectivity index (χ1n) is 6.17. The molecule has 0 saturated heterocycles. The number of rotatable bonds is 5. The minimum Gasteiger partial charge on any atom is -0.281 e. The maximum absolute atomic E-state index is 12.9. The molecule has 0 spiro atoms. The number of nitrogens with one attached hydrogen (secondary N) is 1. The van der Waals surface area contributed by atoms with Crippen molar-refractivity contribution in [1.82, 2.24) is 14.5 Å². The van der Waals surface area contributed by atoms with Gasteiger partial charge >= 0.3 is 0 Å². The first-order valence-corrected chi connectivity index (χ1v) is 8.14. The van der Waals surface area contributed by atoms with Crippen LogP contribution in [0, 0.1) is 12.7 Å². The molecule has 2 aromatic rings. The lowest BCUT2D eigenvalue weighted by molar-refractivity contribution is 0.463. The minimum atomic E-state index is -3.76. The summed E-state index contributed by atoms with van der Waals surface area (Å²) in [7, 11) is -2.31. The van der Waals surface area contributed by atoms with Crippen LogP contribution in [0.1, 0.15) is 16.8 Å². The summed E-state index contributed by atoms with van der Waals surface area (Å²) in [5.41, 5.74) is 1.77. The van der Waals surface area contributed by atoms with Crippen molar-refractivity contribution in [3.63, 3.8) is 0 Å². The van der Waals surface area contributed by atoms with Crippen LogP contribution in [0.15, 0.2) is 29.3 Å². The van der Waals surface area contributed by atoms with Crippen LogP contribution >= 0.6 is 11.6 Å². The first-order chi connectivity index (χ1) is 9.86. The summed E-state index contributed by atoms with van der Waals surface area (Å²) in [6.07, 6.45) is 0. The number of H-pyrrole nitrogens is 1. The number of hydrogen-bond donors (Lipinski definition) is 1. The van der Waals surface area contributed by atoms with Gasteiger partial charge in [-0.2, -0.15) is 9.40 Å². The number of nitrogens with zero attached hydrogens (tertiary/aromatic N) is 2. The van der Waals surface area contributed by atoms with Crippen molar-refractivity contribution < 1.29 is 12.8 Å². The third-order valence-electron chi connectivity index (χ3n) is 3.14. The van der Waals surface area contributed by atoms with Crippen LogP contribution in [-0.2, 0) is 22.4 Å². The zero-order valence-electron chi connectivity index (χ0n) is 11.6. The second-order valence-electron chi connectivity index (χ2n) is 4.65. The van der Waals surface area contributed by atoms with E-state index in [0.29, 0.717) is 16.8 Å². The Morgan fingerprint density at radius 2 is 1.95 bits per heavy atom. The van der Waals surface area contributed by atoms with Crippen molar-refractivity contribution in [3.05, 3.63) is 46.9 Å². The number of aromatic nitrogens is 2. The SMILES string of the molecule is Cc1[nH]nc(S(=O)(=O)N(C)Cc2ccc(F)cc2)c1CCl. The van der Waals surface area contributed by atoms with Crippen LogP contribution in [0.25, 0.3) is 0 Å². The second-order valence-corrected chi connectivity index (χ2v) is 6.88. The van der Waals surface area contributed by atoms with Gasteiger partial charge in [0.05, 0.1) is 5.88 Å². The van der Waals surface area contributed by atoms with E-state index < -0.39 is 10.0 Å². The Morgan fingerprint density at radius 1 is 1.33 bits per heavy atom. The summed E-state index contributed by atoms with van der Waals surface area (Å²) in [6.45, 7) is 1.83. The van der Waals surface area contributed by atoms with Crippen LogP contribution < -0.4 is 0 Å². The highest BCUT2D eigenvalue weighted by Crippen LogP contribution is 2.22. The van der Waals surface area contributed by atoms with Gasteiger partial charge in [-0.1, -0.05) is 12.1 Å². The molecule has 1 aromatic heterocycles. The van der Waals surface area contributed by atoms with E-state index in [-0.39, 0.29) is 23.3 Å². The number of alkyl halides is 1. The molecule has 0 saturated carbocycles. The maximum atomic E-state index is 12.9. The van der Waals surface area contributed by atoms with E-state index in [0.717, 1.165) is 4.31 Å². The Balaban J connectivity index is 2.28. The lowest BCUT2D eigenvalue weighted by Crippen LogP contribution is -2.27. The smallest absolute Gasteiger partial charge is 0.262 e. The second kappa shape index (κ2) is 6.13. The summed E-state index contributed by atoms with van der Waals surface area (Å²) in [5, 5.41) is 6.40. The quantitative estimate of drug-likeness (QED) is 0.856. The van der Waals surface area contributed by atoms with E-state index in [1.165, 1.54) is 19.2 Å². The molecule has 0 unspecified atom stereocenters. The van der Waals surface area contributed by atoms with Gasteiger partial charge in [0.15, 0.2) is 5.03 Å². The summed E-state index contributed by atoms with van der Waals surface area (Å²) in [5.74, 6) is -0.307. The van der Waals surface area contributed by atoms with E-state index in [1.54, 1.807) is 19.1 Å². The maximum Gasteiger partial charge on any atom is 0.262 e. The monoisotopic (exact) mass is 331 g/mol. The lowest BCUT2D eigenvalue weighted by Gasteiger charge is -2.16. The van der Waals surface area contributed by atoms with Crippen molar-refractivity contribution in [3.8, 4) is 0 Å². The van der Waals surface area contributed by atoms with Gasteiger partial charge in [-0.25, -0.2) is 12.8 Å². The summed E-state index contributed by atoms with van der Waals surface area (Å²) in [6, 6.07) is 5.66. The Bertz CT molecular complexity index is 728. The fraction of sp³-hybridized carbons (Fsp3) is 0.308. The van der Waals surface area contributed by atoms with Gasteiger partial charge in [-0.3, -0.25) is 5.10 Å². The van der Waals surface area contributed by atoms with Gasteiger partial charge in [0, 0.05) is 24.8 Å². The van der Waals surface area contributed by atoms with Crippen molar-refractivity contribution in [2.24, 2.45) is 0 Å². The molecular formula is C13H15ClFN3O2S. The fourth-order valence-electron chi connectivity index (χ4n) is 1.88. The van der Waals surface area contributed by atoms with Gasteiger partial charge in [-0.15, -0.1) is 11.6 Å². The molecule has 0 atom stereocenters. The van der Waals surface area contributed by atoms with E-state index in [1.807, 2.05) is 0 Å². The highest BCUT2D eigenvalue weighted by molar-refractivity contribution is 7.89. The normalized spacial score (nSPS) is 12.0. The molecule has 0 aliphatic rings. The Kier molecular flexibility index (Phi) is 4.65. The predicted molar refractivity (Wildman–Crippen MR) is 77.9 cm³/mol. The lowest BCUT2D eigenvalue weighted by atomic mass is 10.2. The zero-order chi connectivity index (χ0) is 15.6. The van der Waals surface area contributed by atoms with Gasteiger partial charge in [0.25, 0.3) is 10.0 Å². The molecule has 0 radical (unpaired) electrons. The number of benzene rings is 1. The number of aromatic amines is 1. The van der Waals surface area contributed by atoms with Gasteiger partial charge in [0.1, 0.15) is 5.82 Å². The molecule has 1 heterocycles. The Labute approximate surface area is 127 Å². The molecule has 0 bridgehead atoms. The molecular weight excluding hydrogens is 317 g/mol. The topological polar surface area (TPSA) is 66.1 Å². The molecule has 5 nitrogen and oxygen atoms in total. The third kappa shape index (κ3) is 3.25. The Hall–Kier alpha value is -1.44. The molecule has 0 amide bonds. The Morgan fingerprint density at radius 3 is 2.52 bits per heavy atom. The zero-order valence-corrected chi connectivity index (χ0v) is 13.2. The highest BCUT2D eigenvalue weighted by atomic mass is 35.5. The third-order valence-corrected chi connectivity index (χ3v) is 5.19. The predicted octanol–water partition coefficient (Wildman–Crippen LogP) is 2.42. The molecule has 0 aliphatic carbocycles. The van der Waals surface area contributed by atoms with Crippen molar-refractivity contribution >= 4 is 21.6 Å². The molecule has 8 heteroatoms. The highest BCUT2D eigenvalue weighted by Gasteiger charge is 2.27. The van der Waals surface area contributed by atoms with E-state index in [2.05, 4.69) is 10.2 Å². The van der Waals surface area contributed by atoms with Gasteiger partial charge in [-0.05, 0) is 24.6 Å². The molecule has 2 rings (SSSR count). The van der Waals surface area contributed by atoms with E-state index >= 15 is 0 Å². The standard InChI is InChI=1S/C13H15ClFN3O2S/c1-9-12(7-14)13(17-16-9)21(19,20)18(2)8-10-3-5-11(15)6-4-10/h3-6H,7-8H2,1-2H3,(H,16,17). The van der Waals surface area contributed by atoms with Crippen LogP contribution in [0.2, 0.25) is 0 Å². The van der Waals surface area contributed by atoms with Gasteiger partial charge in [0.2, 0.25) is 0 Å². The number of hydrogen-bond acceptors (Lipinski definition) is 3. The van der Waals surface area contributed by atoms with Gasteiger partial charge < -0.3 is 0 Å².